The Morgan fingerprint density at radius 3 is 2.96 bits per heavy atom. The third-order valence-electron chi connectivity index (χ3n) is 3.97. The highest BCUT2D eigenvalue weighted by Gasteiger charge is 2.38. The number of rotatable bonds is 4. The number of amides is 1. The van der Waals surface area contributed by atoms with E-state index in [0.717, 1.165) is 21.5 Å². The fraction of sp³-hybridized carbons (Fsp3) is 0.278. The molecule has 1 aromatic rings. The minimum atomic E-state index is -0.414. The van der Waals surface area contributed by atoms with Crippen molar-refractivity contribution >= 4 is 17.4 Å². The third-order valence-corrected chi connectivity index (χ3v) is 3.97. The summed E-state index contributed by atoms with van der Waals surface area (Å²) in [6.07, 6.45) is 7.83. The predicted molar refractivity (Wildman–Crippen MR) is 88.4 cm³/mol. The molecule has 1 aromatic carbocycles. The van der Waals surface area contributed by atoms with E-state index in [2.05, 4.69) is 5.32 Å². The van der Waals surface area contributed by atoms with Gasteiger partial charge in [0.25, 0.3) is 11.7 Å². The second kappa shape index (κ2) is 6.60. The summed E-state index contributed by atoms with van der Waals surface area (Å²) in [5, 5.41) is 2.61. The first-order chi connectivity index (χ1) is 11.2. The van der Waals surface area contributed by atoms with Crippen LogP contribution < -0.4 is 5.32 Å². The monoisotopic (exact) mass is 311 g/mol. The van der Waals surface area contributed by atoms with Gasteiger partial charge in [0.1, 0.15) is 0 Å². The van der Waals surface area contributed by atoms with Crippen LogP contribution in [-0.2, 0) is 4.74 Å². The summed E-state index contributed by atoms with van der Waals surface area (Å²) in [5.41, 5.74) is 3.60. The van der Waals surface area contributed by atoms with Crippen LogP contribution in [0.4, 0.5) is 10.5 Å². The Morgan fingerprint density at radius 2 is 2.13 bits per heavy atom. The highest BCUT2D eigenvalue weighted by Crippen LogP contribution is 2.40. The molecule has 1 amide bonds. The van der Waals surface area contributed by atoms with Crippen molar-refractivity contribution in [3.8, 4) is 0 Å². The summed E-state index contributed by atoms with van der Waals surface area (Å²) < 4.78 is 6.23. The fourth-order valence-electron chi connectivity index (χ4n) is 2.96. The molecule has 0 saturated heterocycles. The van der Waals surface area contributed by atoms with Crippen LogP contribution in [0.15, 0.2) is 54.1 Å². The Balaban J connectivity index is 1.89. The molecule has 5 nitrogen and oxygen atoms in total. The Bertz CT molecular complexity index is 732. The molecule has 0 saturated carbocycles. The molecule has 3 rings (SSSR count). The number of benzene rings is 1. The molecule has 0 radical (unpaired) electrons. The number of carbonyl (C=O) groups is 1. The van der Waals surface area contributed by atoms with E-state index >= 15 is 0 Å². The fourth-order valence-corrected chi connectivity index (χ4v) is 2.96. The molecular formula is C18H19N2O3+. The lowest BCUT2D eigenvalue weighted by Crippen LogP contribution is -2.27. The molecule has 118 valence electrons. The third kappa shape index (κ3) is 2.95. The van der Waals surface area contributed by atoms with E-state index in [1.54, 1.807) is 0 Å². The number of carbonyl (C=O) groups excluding carboxylic acids is 1. The smallest absolute Gasteiger partial charge is 0.407 e. The van der Waals surface area contributed by atoms with Crippen molar-refractivity contribution in [2.24, 2.45) is 0 Å². The number of fused-ring (bicyclic) bond motifs is 2. The first kappa shape index (κ1) is 15.2. The first-order valence-electron chi connectivity index (χ1n) is 7.76. The molecule has 1 heterocycles. The minimum absolute atomic E-state index is 0.280. The normalized spacial score (nSPS) is 18.5. The number of allylic oxidation sites excluding steroid dienone is 2. The van der Waals surface area contributed by atoms with Crippen LogP contribution in [0.1, 0.15) is 18.9 Å². The maximum absolute atomic E-state index is 12.6. The summed E-state index contributed by atoms with van der Waals surface area (Å²) in [7, 11) is 0. The Kier molecular flexibility index (Phi) is 4.37. The van der Waals surface area contributed by atoms with E-state index in [1.165, 1.54) is 0 Å². The number of nitrogens with zero attached hydrogens (tertiary/aromatic N) is 1. The van der Waals surface area contributed by atoms with Crippen LogP contribution in [0.2, 0.25) is 0 Å². The van der Waals surface area contributed by atoms with Crippen molar-refractivity contribution in [1.29, 1.82) is 0 Å². The average molecular weight is 311 g/mol. The molecule has 1 aliphatic heterocycles. The molecule has 1 unspecified atom stereocenters. The number of nitrogens with one attached hydrogen (secondary N) is 1. The van der Waals surface area contributed by atoms with Crippen LogP contribution >= 0.6 is 0 Å². The van der Waals surface area contributed by atoms with E-state index in [4.69, 9.17) is 4.74 Å². The number of hydrogen-bond donors (Lipinski definition) is 1. The molecule has 2 aliphatic rings. The quantitative estimate of drug-likeness (QED) is 0.866. The molecule has 1 atom stereocenters. The van der Waals surface area contributed by atoms with Crippen molar-refractivity contribution in [1.82, 2.24) is 5.32 Å². The Morgan fingerprint density at radius 1 is 1.30 bits per heavy atom. The van der Waals surface area contributed by atoms with Crippen molar-refractivity contribution < 1.29 is 14.3 Å². The van der Waals surface area contributed by atoms with Gasteiger partial charge in [-0.05, 0) is 24.6 Å². The number of hydrogen-bond acceptors (Lipinski definition) is 3. The SMILES string of the molecule is CCNC(=O)OCCC1=C2C=CC=CC2[N+](=O)c2ccccc21. The zero-order valence-electron chi connectivity index (χ0n) is 13.0. The lowest BCUT2D eigenvalue weighted by atomic mass is 9.86. The van der Waals surface area contributed by atoms with Gasteiger partial charge >= 0.3 is 6.09 Å². The van der Waals surface area contributed by atoms with E-state index in [1.807, 2.05) is 55.5 Å². The minimum Gasteiger partial charge on any atom is -0.449 e. The summed E-state index contributed by atoms with van der Waals surface area (Å²) in [4.78, 5) is 24.0. The molecule has 5 heteroatoms. The molecule has 0 spiro atoms. The van der Waals surface area contributed by atoms with Gasteiger partial charge in [0.2, 0.25) is 0 Å². The first-order valence-corrected chi connectivity index (χ1v) is 7.76. The molecule has 1 aliphatic carbocycles. The maximum Gasteiger partial charge on any atom is 0.407 e. The van der Waals surface area contributed by atoms with Gasteiger partial charge in [0.15, 0.2) is 0 Å². The van der Waals surface area contributed by atoms with E-state index in [-0.39, 0.29) is 12.6 Å². The van der Waals surface area contributed by atoms with Gasteiger partial charge in [-0.25, -0.2) is 4.79 Å². The summed E-state index contributed by atoms with van der Waals surface area (Å²) in [5.74, 6) is 0. The Hall–Kier alpha value is -2.69. The largest absolute Gasteiger partial charge is 0.449 e. The summed E-state index contributed by atoms with van der Waals surface area (Å²) in [6, 6.07) is 7.24. The molecule has 0 bridgehead atoms. The lowest BCUT2D eigenvalue weighted by Gasteiger charge is -2.22. The van der Waals surface area contributed by atoms with E-state index in [9.17, 15) is 9.70 Å². The summed E-state index contributed by atoms with van der Waals surface area (Å²) >= 11 is 0. The Labute approximate surface area is 134 Å². The van der Waals surface area contributed by atoms with E-state index in [0.29, 0.717) is 18.7 Å². The zero-order chi connectivity index (χ0) is 16.2. The summed E-state index contributed by atoms with van der Waals surface area (Å²) in [6.45, 7) is 2.66. The van der Waals surface area contributed by atoms with Gasteiger partial charge < -0.3 is 10.1 Å². The maximum atomic E-state index is 12.6. The van der Waals surface area contributed by atoms with Gasteiger partial charge in [-0.1, -0.05) is 30.4 Å². The highest BCUT2D eigenvalue weighted by molar-refractivity contribution is 5.80. The van der Waals surface area contributed by atoms with Crippen molar-refractivity contribution in [3.63, 3.8) is 0 Å². The lowest BCUT2D eigenvalue weighted by molar-refractivity contribution is -0.483. The van der Waals surface area contributed by atoms with Crippen LogP contribution in [0.25, 0.3) is 5.57 Å². The number of ether oxygens (including phenoxy) is 1. The topological polar surface area (TPSA) is 58.4 Å². The van der Waals surface area contributed by atoms with Crippen molar-refractivity contribution in [3.05, 3.63) is 64.6 Å². The standard InChI is InChI=1S/C18H18N2O3/c1-2-19-18(21)23-12-11-13-14-7-3-5-9-16(14)20(22)17-10-6-4-8-15(13)17/h3-10,16H,2,11-12H2,1H3/p+1. The number of alkyl carbamates (subject to hydrolysis) is 1. The second-order valence-corrected chi connectivity index (χ2v) is 5.38. The van der Waals surface area contributed by atoms with Crippen molar-refractivity contribution in [2.75, 3.05) is 13.2 Å². The van der Waals surface area contributed by atoms with Gasteiger partial charge in [-0.2, -0.15) is 0 Å². The van der Waals surface area contributed by atoms with Gasteiger partial charge in [-0.15, -0.1) is 0 Å². The van der Waals surface area contributed by atoms with Crippen molar-refractivity contribution in [2.45, 2.75) is 19.4 Å². The average Bonchev–Trinajstić information content (AvgIpc) is 2.58. The molecule has 23 heavy (non-hydrogen) atoms. The number of para-hydroxylation sites is 1. The zero-order valence-corrected chi connectivity index (χ0v) is 13.0. The molecule has 0 aromatic heterocycles. The van der Waals surface area contributed by atoms with Gasteiger partial charge in [0, 0.05) is 34.3 Å². The predicted octanol–water partition coefficient (Wildman–Crippen LogP) is 3.50. The van der Waals surface area contributed by atoms with Crippen LogP contribution in [0.5, 0.6) is 0 Å². The van der Waals surface area contributed by atoms with Crippen LogP contribution in [-0.4, -0.2) is 30.0 Å². The van der Waals surface area contributed by atoms with Gasteiger partial charge in [0.05, 0.1) is 12.2 Å². The molecular weight excluding hydrogens is 292 g/mol. The molecule has 0 fully saturated rings. The van der Waals surface area contributed by atoms with Crippen LogP contribution in [0, 0.1) is 4.91 Å². The van der Waals surface area contributed by atoms with E-state index < -0.39 is 6.09 Å². The second-order valence-electron chi connectivity index (χ2n) is 5.38. The van der Waals surface area contributed by atoms with Gasteiger partial charge in [-0.3, -0.25) is 0 Å². The van der Waals surface area contributed by atoms with Crippen LogP contribution in [0.3, 0.4) is 0 Å². The number of nitroso groups, excluding NO2 is 1. The highest BCUT2D eigenvalue weighted by atomic mass is 16.5. The molecule has 1 N–H and O–H groups in total.